The SMILES string of the molecule is CCCCCCC1CCC(CCC2CCC(CCc3ccc(F)cc3)CC2)CC1. The second kappa shape index (κ2) is 12.8. The molecule has 0 saturated heterocycles. The largest absolute Gasteiger partial charge is 0.207 e. The van der Waals surface area contributed by atoms with E-state index in [4.69, 9.17) is 0 Å². The van der Waals surface area contributed by atoms with Crippen LogP contribution >= 0.6 is 0 Å². The van der Waals surface area contributed by atoms with Crippen LogP contribution < -0.4 is 0 Å². The molecule has 0 bridgehead atoms. The van der Waals surface area contributed by atoms with Crippen LogP contribution in [-0.4, -0.2) is 0 Å². The zero-order chi connectivity index (χ0) is 20.3. The van der Waals surface area contributed by atoms with Gasteiger partial charge in [0.15, 0.2) is 0 Å². The number of halogens is 1. The monoisotopic (exact) mass is 400 g/mol. The van der Waals surface area contributed by atoms with Crippen LogP contribution in [0.4, 0.5) is 4.39 Å². The zero-order valence-electron chi connectivity index (χ0n) is 19.0. The van der Waals surface area contributed by atoms with Crippen LogP contribution in [0.1, 0.15) is 115 Å². The molecular weight excluding hydrogens is 355 g/mol. The van der Waals surface area contributed by atoms with Crippen LogP contribution in [-0.2, 0) is 6.42 Å². The smallest absolute Gasteiger partial charge is 0.123 e. The molecule has 29 heavy (non-hydrogen) atoms. The second-order valence-corrected chi connectivity index (χ2v) is 10.4. The highest BCUT2D eigenvalue weighted by Gasteiger charge is 2.24. The Morgan fingerprint density at radius 2 is 1.10 bits per heavy atom. The minimum absolute atomic E-state index is 0.116. The molecule has 0 spiro atoms. The topological polar surface area (TPSA) is 0 Å². The summed E-state index contributed by atoms with van der Waals surface area (Å²) in [6, 6.07) is 7.13. The van der Waals surface area contributed by atoms with E-state index < -0.39 is 0 Å². The minimum Gasteiger partial charge on any atom is -0.207 e. The van der Waals surface area contributed by atoms with E-state index in [9.17, 15) is 4.39 Å². The van der Waals surface area contributed by atoms with Gasteiger partial charge < -0.3 is 0 Å². The molecule has 2 aliphatic rings. The summed E-state index contributed by atoms with van der Waals surface area (Å²) in [5.41, 5.74) is 1.30. The van der Waals surface area contributed by atoms with E-state index in [1.54, 1.807) is 12.1 Å². The van der Waals surface area contributed by atoms with Crippen molar-refractivity contribution in [1.29, 1.82) is 0 Å². The van der Waals surface area contributed by atoms with Gasteiger partial charge in [-0.3, -0.25) is 0 Å². The first-order valence-corrected chi connectivity index (χ1v) is 13.0. The lowest BCUT2D eigenvalue weighted by Crippen LogP contribution is -2.18. The Kier molecular flexibility index (Phi) is 10.0. The van der Waals surface area contributed by atoms with Crippen molar-refractivity contribution in [1.82, 2.24) is 0 Å². The molecule has 0 amide bonds. The molecular formula is C28H45F. The predicted octanol–water partition coefficient (Wildman–Crippen LogP) is 9.12. The average molecular weight is 401 g/mol. The molecule has 2 fully saturated rings. The Labute approximate surface area is 180 Å². The molecule has 0 heterocycles. The van der Waals surface area contributed by atoms with Crippen LogP contribution in [0.15, 0.2) is 24.3 Å². The van der Waals surface area contributed by atoms with Crippen molar-refractivity contribution >= 4 is 0 Å². The van der Waals surface area contributed by atoms with Crippen molar-refractivity contribution in [2.45, 2.75) is 116 Å². The fourth-order valence-corrected chi connectivity index (χ4v) is 5.97. The van der Waals surface area contributed by atoms with Crippen molar-refractivity contribution < 1.29 is 4.39 Å². The summed E-state index contributed by atoms with van der Waals surface area (Å²) in [6.07, 6.45) is 24.5. The molecule has 1 heteroatoms. The van der Waals surface area contributed by atoms with Crippen LogP contribution in [0.2, 0.25) is 0 Å². The van der Waals surface area contributed by atoms with Gasteiger partial charge in [-0.25, -0.2) is 4.39 Å². The van der Waals surface area contributed by atoms with Gasteiger partial charge in [0.25, 0.3) is 0 Å². The van der Waals surface area contributed by atoms with Crippen LogP contribution in [0.5, 0.6) is 0 Å². The Bertz CT molecular complexity index is 532. The van der Waals surface area contributed by atoms with Crippen LogP contribution in [0.25, 0.3) is 0 Å². The third-order valence-electron chi connectivity index (χ3n) is 8.14. The van der Waals surface area contributed by atoms with E-state index in [1.807, 2.05) is 12.1 Å². The Balaban J connectivity index is 1.23. The third-order valence-corrected chi connectivity index (χ3v) is 8.14. The van der Waals surface area contributed by atoms with Crippen molar-refractivity contribution in [3.8, 4) is 0 Å². The van der Waals surface area contributed by atoms with Crippen LogP contribution in [0.3, 0.4) is 0 Å². The predicted molar refractivity (Wildman–Crippen MR) is 124 cm³/mol. The molecule has 0 N–H and O–H groups in total. The third kappa shape index (κ3) is 8.42. The lowest BCUT2D eigenvalue weighted by atomic mass is 9.74. The number of unbranched alkanes of at least 4 members (excludes halogenated alkanes) is 3. The molecule has 0 aromatic heterocycles. The fourth-order valence-electron chi connectivity index (χ4n) is 5.97. The van der Waals surface area contributed by atoms with Gasteiger partial charge in [-0.2, -0.15) is 0 Å². The van der Waals surface area contributed by atoms with Crippen molar-refractivity contribution in [3.05, 3.63) is 35.6 Å². The van der Waals surface area contributed by atoms with E-state index in [0.29, 0.717) is 0 Å². The van der Waals surface area contributed by atoms with Crippen LogP contribution in [0, 0.1) is 29.5 Å². The van der Waals surface area contributed by atoms with Gasteiger partial charge >= 0.3 is 0 Å². The molecule has 164 valence electrons. The Morgan fingerprint density at radius 1 is 0.621 bits per heavy atom. The minimum atomic E-state index is -0.116. The highest BCUT2D eigenvalue weighted by Crippen LogP contribution is 2.38. The number of hydrogen-bond donors (Lipinski definition) is 0. The summed E-state index contributed by atoms with van der Waals surface area (Å²) >= 11 is 0. The summed E-state index contributed by atoms with van der Waals surface area (Å²) in [7, 11) is 0. The van der Waals surface area contributed by atoms with Gasteiger partial charge in [-0.15, -0.1) is 0 Å². The van der Waals surface area contributed by atoms with Crippen molar-refractivity contribution in [2.75, 3.05) is 0 Å². The van der Waals surface area contributed by atoms with Gasteiger partial charge in [0.2, 0.25) is 0 Å². The molecule has 1 aromatic rings. The lowest BCUT2D eigenvalue weighted by Gasteiger charge is -2.32. The van der Waals surface area contributed by atoms with Crippen molar-refractivity contribution in [3.63, 3.8) is 0 Å². The van der Waals surface area contributed by atoms with E-state index in [2.05, 4.69) is 6.92 Å². The quantitative estimate of drug-likeness (QED) is 0.325. The summed E-state index contributed by atoms with van der Waals surface area (Å²) in [5.74, 6) is 3.88. The van der Waals surface area contributed by atoms with Crippen molar-refractivity contribution in [2.24, 2.45) is 23.7 Å². The maximum atomic E-state index is 13.0. The normalized spacial score (nSPS) is 27.8. The summed E-state index contributed by atoms with van der Waals surface area (Å²) in [4.78, 5) is 0. The molecule has 2 saturated carbocycles. The van der Waals surface area contributed by atoms with Gasteiger partial charge in [0.05, 0.1) is 0 Å². The zero-order valence-corrected chi connectivity index (χ0v) is 19.0. The fraction of sp³-hybridized carbons (Fsp3) is 0.786. The van der Waals surface area contributed by atoms with Gasteiger partial charge in [0, 0.05) is 0 Å². The maximum absolute atomic E-state index is 13.0. The molecule has 0 radical (unpaired) electrons. The molecule has 3 rings (SSSR count). The van der Waals surface area contributed by atoms with E-state index in [-0.39, 0.29) is 5.82 Å². The molecule has 0 aliphatic heterocycles. The summed E-state index contributed by atoms with van der Waals surface area (Å²) < 4.78 is 13.0. The highest BCUT2D eigenvalue weighted by molar-refractivity contribution is 5.16. The Morgan fingerprint density at radius 3 is 1.62 bits per heavy atom. The van der Waals surface area contributed by atoms with Gasteiger partial charge in [-0.1, -0.05) is 115 Å². The second-order valence-electron chi connectivity index (χ2n) is 10.4. The molecule has 0 unspecified atom stereocenters. The Hall–Kier alpha value is -0.850. The molecule has 0 atom stereocenters. The molecule has 1 aromatic carbocycles. The lowest BCUT2D eigenvalue weighted by molar-refractivity contribution is 0.208. The summed E-state index contributed by atoms with van der Waals surface area (Å²) in [6.45, 7) is 2.31. The van der Waals surface area contributed by atoms with Gasteiger partial charge in [0.1, 0.15) is 5.82 Å². The number of hydrogen-bond acceptors (Lipinski definition) is 0. The number of aryl methyl sites for hydroxylation is 1. The van der Waals surface area contributed by atoms with Gasteiger partial charge in [-0.05, 0) is 54.2 Å². The average Bonchev–Trinajstić information content (AvgIpc) is 2.76. The first kappa shape index (κ1) is 22.8. The number of benzene rings is 1. The molecule has 2 aliphatic carbocycles. The number of rotatable bonds is 11. The van der Waals surface area contributed by atoms with E-state index in [1.165, 1.54) is 108 Å². The first-order chi connectivity index (χ1) is 14.2. The first-order valence-electron chi connectivity index (χ1n) is 13.0. The molecule has 0 nitrogen and oxygen atoms in total. The standard InChI is InChI=1S/C28H45F/c1-2-3-4-5-6-23-7-9-24(10-8-23)11-12-25-13-15-26(16-14-25)17-18-27-19-21-28(29)22-20-27/h19-26H,2-18H2,1H3. The van der Waals surface area contributed by atoms with E-state index in [0.717, 1.165) is 30.1 Å². The highest BCUT2D eigenvalue weighted by atomic mass is 19.1. The maximum Gasteiger partial charge on any atom is 0.123 e. The summed E-state index contributed by atoms with van der Waals surface area (Å²) in [5, 5.41) is 0. The van der Waals surface area contributed by atoms with E-state index >= 15 is 0 Å².